The first-order valence-corrected chi connectivity index (χ1v) is 9.11. The van der Waals surface area contributed by atoms with Crippen molar-refractivity contribution in [3.63, 3.8) is 0 Å². The van der Waals surface area contributed by atoms with Crippen LogP contribution in [0.3, 0.4) is 0 Å². The van der Waals surface area contributed by atoms with Crippen LogP contribution in [0.1, 0.15) is 18.9 Å². The fourth-order valence-corrected chi connectivity index (χ4v) is 3.26. The van der Waals surface area contributed by atoms with Crippen LogP contribution in [0.4, 0.5) is 0 Å². The molecule has 2 rings (SSSR count). The minimum atomic E-state index is -2.85. The number of rotatable bonds is 7. The molecule has 0 bridgehead atoms. The van der Waals surface area contributed by atoms with E-state index in [1.807, 2.05) is 6.07 Å². The Morgan fingerprint density at radius 3 is 2.75 bits per heavy atom. The summed E-state index contributed by atoms with van der Waals surface area (Å²) in [5.74, 6) is 0.484. The quantitative estimate of drug-likeness (QED) is 0.823. The van der Waals surface area contributed by atoms with E-state index < -0.39 is 9.84 Å². The number of likely N-dealkylation sites (tertiary alicyclic amines) is 1. The average molecular weight is 296 g/mol. The minimum Gasteiger partial charge on any atom is -0.312 e. The second-order valence-electron chi connectivity index (χ2n) is 5.40. The summed E-state index contributed by atoms with van der Waals surface area (Å²) < 4.78 is 22.9. The first-order chi connectivity index (χ1) is 9.59. The lowest BCUT2D eigenvalue weighted by atomic mass is 10.2. The third-order valence-corrected chi connectivity index (χ3v) is 5.51. The molecule has 0 aliphatic carbocycles. The lowest BCUT2D eigenvalue weighted by Crippen LogP contribution is -2.35. The largest absolute Gasteiger partial charge is 0.312 e. The first kappa shape index (κ1) is 15.5. The molecule has 1 atom stereocenters. The van der Waals surface area contributed by atoms with Gasteiger partial charge in [0.2, 0.25) is 0 Å². The standard InChI is InChI=1S/C15H24N2O2S/c1-2-20(18,19)11-9-16-15-8-10-17(13-15)12-14-6-4-3-5-7-14/h3-7,15-16H,2,8-13H2,1H3. The van der Waals surface area contributed by atoms with E-state index in [-0.39, 0.29) is 11.5 Å². The molecular weight excluding hydrogens is 272 g/mol. The Labute approximate surface area is 122 Å². The van der Waals surface area contributed by atoms with Gasteiger partial charge in [-0.05, 0) is 12.0 Å². The Kier molecular flexibility index (Phi) is 5.57. The lowest BCUT2D eigenvalue weighted by Gasteiger charge is -2.16. The SMILES string of the molecule is CCS(=O)(=O)CCNC1CCN(Cc2ccccc2)C1. The summed E-state index contributed by atoms with van der Waals surface area (Å²) in [6, 6.07) is 10.9. The van der Waals surface area contributed by atoms with Crippen molar-refractivity contribution in [2.45, 2.75) is 25.9 Å². The lowest BCUT2D eigenvalue weighted by molar-refractivity contribution is 0.321. The summed E-state index contributed by atoms with van der Waals surface area (Å²) in [5.41, 5.74) is 1.33. The topological polar surface area (TPSA) is 49.4 Å². The number of hydrogen-bond acceptors (Lipinski definition) is 4. The predicted octanol–water partition coefficient (Wildman–Crippen LogP) is 1.29. The van der Waals surface area contributed by atoms with Crippen LogP contribution in [0.15, 0.2) is 30.3 Å². The number of nitrogens with one attached hydrogen (secondary N) is 1. The highest BCUT2D eigenvalue weighted by Crippen LogP contribution is 2.13. The highest BCUT2D eigenvalue weighted by atomic mass is 32.2. The second kappa shape index (κ2) is 7.20. The van der Waals surface area contributed by atoms with Crippen molar-refractivity contribution in [2.75, 3.05) is 31.1 Å². The molecule has 1 aliphatic rings. The summed E-state index contributed by atoms with van der Waals surface area (Å²) >= 11 is 0. The predicted molar refractivity (Wildman–Crippen MR) is 82.5 cm³/mol. The minimum absolute atomic E-state index is 0.236. The highest BCUT2D eigenvalue weighted by molar-refractivity contribution is 7.91. The van der Waals surface area contributed by atoms with E-state index in [2.05, 4.69) is 34.5 Å². The molecule has 112 valence electrons. The highest BCUT2D eigenvalue weighted by Gasteiger charge is 2.22. The smallest absolute Gasteiger partial charge is 0.151 e. The molecule has 1 N–H and O–H groups in total. The summed E-state index contributed by atoms with van der Waals surface area (Å²) in [6.07, 6.45) is 1.10. The van der Waals surface area contributed by atoms with Crippen LogP contribution in [0.25, 0.3) is 0 Å². The van der Waals surface area contributed by atoms with Crippen molar-refractivity contribution >= 4 is 9.84 Å². The number of hydrogen-bond donors (Lipinski definition) is 1. The fourth-order valence-electron chi connectivity index (χ4n) is 2.55. The molecule has 1 fully saturated rings. The summed E-state index contributed by atoms with van der Waals surface area (Å²) in [4.78, 5) is 2.42. The molecular formula is C15H24N2O2S. The average Bonchev–Trinajstić information content (AvgIpc) is 2.87. The molecule has 4 nitrogen and oxygen atoms in total. The van der Waals surface area contributed by atoms with Crippen LogP contribution in [0.5, 0.6) is 0 Å². The Balaban J connectivity index is 1.70. The molecule has 1 aromatic carbocycles. The Morgan fingerprint density at radius 1 is 1.30 bits per heavy atom. The zero-order valence-electron chi connectivity index (χ0n) is 12.1. The molecule has 0 spiro atoms. The van der Waals surface area contributed by atoms with Gasteiger partial charge >= 0.3 is 0 Å². The van der Waals surface area contributed by atoms with Crippen LogP contribution in [0.2, 0.25) is 0 Å². The maximum Gasteiger partial charge on any atom is 0.151 e. The molecule has 1 aliphatic heterocycles. The number of nitrogens with zero attached hydrogens (tertiary/aromatic N) is 1. The third kappa shape index (κ3) is 4.89. The van der Waals surface area contributed by atoms with Gasteiger partial charge in [-0.2, -0.15) is 0 Å². The number of sulfone groups is 1. The Morgan fingerprint density at radius 2 is 2.05 bits per heavy atom. The summed E-state index contributed by atoms with van der Waals surface area (Å²) in [6.45, 7) is 5.33. The van der Waals surface area contributed by atoms with Gasteiger partial charge in [0.05, 0.1) is 5.75 Å². The molecule has 1 unspecified atom stereocenters. The zero-order valence-corrected chi connectivity index (χ0v) is 12.9. The van der Waals surface area contributed by atoms with Gasteiger partial charge in [0.1, 0.15) is 0 Å². The van der Waals surface area contributed by atoms with E-state index >= 15 is 0 Å². The van der Waals surface area contributed by atoms with Crippen molar-refractivity contribution in [3.8, 4) is 0 Å². The maximum absolute atomic E-state index is 11.4. The van der Waals surface area contributed by atoms with E-state index in [4.69, 9.17) is 0 Å². The van der Waals surface area contributed by atoms with Crippen molar-refractivity contribution < 1.29 is 8.42 Å². The van der Waals surface area contributed by atoms with E-state index in [1.165, 1.54) is 5.56 Å². The van der Waals surface area contributed by atoms with E-state index in [0.717, 1.165) is 26.1 Å². The van der Waals surface area contributed by atoms with Crippen LogP contribution in [-0.4, -0.2) is 50.5 Å². The van der Waals surface area contributed by atoms with Crippen LogP contribution in [0, 0.1) is 0 Å². The number of benzene rings is 1. The van der Waals surface area contributed by atoms with Crippen LogP contribution >= 0.6 is 0 Å². The fraction of sp³-hybridized carbons (Fsp3) is 0.600. The molecule has 0 saturated carbocycles. The molecule has 0 aromatic heterocycles. The van der Waals surface area contributed by atoms with Gasteiger partial charge in [-0.25, -0.2) is 8.42 Å². The van der Waals surface area contributed by atoms with Crippen LogP contribution in [-0.2, 0) is 16.4 Å². The van der Waals surface area contributed by atoms with Crippen molar-refractivity contribution in [1.82, 2.24) is 10.2 Å². The molecule has 0 amide bonds. The third-order valence-electron chi connectivity index (χ3n) is 3.81. The summed E-state index contributed by atoms with van der Waals surface area (Å²) in [5, 5.41) is 3.37. The molecule has 0 radical (unpaired) electrons. The van der Waals surface area contributed by atoms with Gasteiger partial charge < -0.3 is 5.32 Å². The molecule has 20 heavy (non-hydrogen) atoms. The van der Waals surface area contributed by atoms with E-state index in [9.17, 15) is 8.42 Å². The van der Waals surface area contributed by atoms with Gasteiger partial charge in [-0.3, -0.25) is 4.90 Å². The molecule has 1 aromatic rings. The molecule has 1 saturated heterocycles. The second-order valence-corrected chi connectivity index (χ2v) is 7.87. The maximum atomic E-state index is 11.4. The van der Waals surface area contributed by atoms with Crippen molar-refractivity contribution in [2.24, 2.45) is 0 Å². The van der Waals surface area contributed by atoms with E-state index in [0.29, 0.717) is 12.6 Å². The van der Waals surface area contributed by atoms with Gasteiger partial charge in [0.15, 0.2) is 9.84 Å². The van der Waals surface area contributed by atoms with Gasteiger partial charge in [0.25, 0.3) is 0 Å². The monoisotopic (exact) mass is 296 g/mol. The Hall–Kier alpha value is -0.910. The first-order valence-electron chi connectivity index (χ1n) is 7.29. The molecule has 1 heterocycles. The van der Waals surface area contributed by atoms with Gasteiger partial charge in [-0.15, -0.1) is 0 Å². The zero-order chi connectivity index (χ0) is 14.4. The van der Waals surface area contributed by atoms with E-state index in [1.54, 1.807) is 6.92 Å². The van der Waals surface area contributed by atoms with Crippen molar-refractivity contribution in [1.29, 1.82) is 0 Å². The normalized spacial score (nSPS) is 20.4. The van der Waals surface area contributed by atoms with Gasteiger partial charge in [-0.1, -0.05) is 37.3 Å². The van der Waals surface area contributed by atoms with Crippen molar-refractivity contribution in [3.05, 3.63) is 35.9 Å². The Bertz CT molecular complexity index is 502. The summed E-state index contributed by atoms with van der Waals surface area (Å²) in [7, 11) is -2.85. The van der Waals surface area contributed by atoms with Gasteiger partial charge in [0, 0.05) is 38.0 Å². The molecule has 5 heteroatoms. The van der Waals surface area contributed by atoms with Crippen LogP contribution < -0.4 is 5.32 Å².